The number of benzene rings is 3. The third kappa shape index (κ3) is 6.91. The number of imide groups is 1. The largest absolute Gasteiger partial charge is 0.465 e. The molecule has 4 N–H and O–H groups in total. The summed E-state index contributed by atoms with van der Waals surface area (Å²) in [5, 5.41) is 5.26. The number of nitrogens with one attached hydrogen (secondary N) is 2. The average Bonchev–Trinajstić information content (AvgIpc) is 2.88. The molecule has 35 heavy (non-hydrogen) atoms. The first kappa shape index (κ1) is 25.5. The number of amides is 2. The number of anilines is 1. The second-order valence-electron chi connectivity index (χ2n) is 8.01. The minimum atomic E-state index is -1.52. The summed E-state index contributed by atoms with van der Waals surface area (Å²) in [6.07, 6.45) is 0.0229. The second kappa shape index (κ2) is 11.8. The first-order valence-electron chi connectivity index (χ1n) is 11.2. The highest BCUT2D eigenvalue weighted by molar-refractivity contribution is 5.98. The van der Waals surface area contributed by atoms with E-state index in [0.29, 0.717) is 17.7 Å². The smallest absolute Gasteiger partial charge is 0.414 e. The summed E-state index contributed by atoms with van der Waals surface area (Å²) >= 11 is 0. The van der Waals surface area contributed by atoms with Gasteiger partial charge in [0.05, 0.1) is 12.7 Å². The first-order chi connectivity index (χ1) is 16.8. The third-order valence-corrected chi connectivity index (χ3v) is 5.35. The van der Waals surface area contributed by atoms with E-state index in [2.05, 4.69) is 10.6 Å². The van der Waals surface area contributed by atoms with Gasteiger partial charge in [-0.25, -0.2) is 9.59 Å². The van der Waals surface area contributed by atoms with Gasteiger partial charge >= 0.3 is 12.1 Å². The highest BCUT2D eigenvalue weighted by atomic mass is 16.5. The number of rotatable bonds is 9. The molecule has 0 heterocycles. The molecule has 0 aromatic heterocycles. The highest BCUT2D eigenvalue weighted by Crippen LogP contribution is 2.24. The first-order valence-corrected chi connectivity index (χ1v) is 11.2. The predicted octanol–water partition coefficient (Wildman–Crippen LogP) is 4.46. The number of nitrogens with two attached hydrogens (primary N) is 1. The zero-order chi connectivity index (χ0) is 25.3. The molecule has 0 spiro atoms. The van der Waals surface area contributed by atoms with Gasteiger partial charge in [-0.1, -0.05) is 67.9 Å². The molecular weight excluding hydrogens is 446 g/mol. The van der Waals surface area contributed by atoms with Gasteiger partial charge in [-0.05, 0) is 47.4 Å². The molecular formula is C27H29N3O5. The summed E-state index contributed by atoms with van der Waals surface area (Å²) < 4.78 is 9.91. The van der Waals surface area contributed by atoms with Crippen molar-refractivity contribution < 1.29 is 23.9 Å². The standard InChI is InChI=1S/C27H29N3O5/c1-3-16-27(28,25(32)29-26(33)35-18-19-8-5-4-6-9-19)30-23-14-12-20(13-15-23)21-10-7-11-22(17-21)24(31)34-2/h4-15,17,30H,3,16,18,28H2,1-2H3,(H,29,32,33)/t27-/m0/s1. The lowest BCUT2D eigenvalue weighted by Crippen LogP contribution is -2.60. The van der Waals surface area contributed by atoms with Crippen molar-refractivity contribution in [3.05, 3.63) is 90.0 Å². The fraction of sp³-hybridized carbons (Fsp3) is 0.222. The molecule has 0 aliphatic rings. The van der Waals surface area contributed by atoms with Crippen molar-refractivity contribution in [3.63, 3.8) is 0 Å². The molecule has 3 rings (SSSR count). The van der Waals surface area contributed by atoms with E-state index in [1.165, 1.54) is 7.11 Å². The van der Waals surface area contributed by atoms with Gasteiger partial charge < -0.3 is 20.5 Å². The summed E-state index contributed by atoms with van der Waals surface area (Å²) in [5.74, 6) is -1.10. The third-order valence-electron chi connectivity index (χ3n) is 5.35. The summed E-state index contributed by atoms with van der Waals surface area (Å²) in [6, 6.07) is 23.5. The van der Waals surface area contributed by atoms with E-state index in [1.54, 1.807) is 30.3 Å². The molecule has 0 aliphatic carbocycles. The predicted molar refractivity (Wildman–Crippen MR) is 133 cm³/mol. The Morgan fingerprint density at radius 2 is 1.63 bits per heavy atom. The van der Waals surface area contributed by atoms with E-state index < -0.39 is 23.6 Å². The van der Waals surface area contributed by atoms with Gasteiger partial charge in [-0.2, -0.15) is 0 Å². The lowest BCUT2D eigenvalue weighted by molar-refractivity contribution is -0.125. The van der Waals surface area contributed by atoms with E-state index in [4.69, 9.17) is 15.2 Å². The maximum Gasteiger partial charge on any atom is 0.414 e. The Balaban J connectivity index is 1.66. The van der Waals surface area contributed by atoms with Crippen LogP contribution in [0.5, 0.6) is 0 Å². The normalized spacial score (nSPS) is 12.2. The summed E-state index contributed by atoms with van der Waals surface area (Å²) in [4.78, 5) is 36.8. The van der Waals surface area contributed by atoms with Crippen molar-refractivity contribution in [2.45, 2.75) is 32.0 Å². The molecule has 0 unspecified atom stereocenters. The average molecular weight is 476 g/mol. The van der Waals surface area contributed by atoms with Crippen LogP contribution in [-0.4, -0.2) is 30.7 Å². The highest BCUT2D eigenvalue weighted by Gasteiger charge is 2.34. The van der Waals surface area contributed by atoms with Crippen LogP contribution in [0.25, 0.3) is 11.1 Å². The number of hydrogen-bond donors (Lipinski definition) is 3. The van der Waals surface area contributed by atoms with E-state index in [0.717, 1.165) is 16.7 Å². The molecule has 0 fully saturated rings. The van der Waals surface area contributed by atoms with E-state index in [-0.39, 0.29) is 13.0 Å². The molecule has 3 aromatic carbocycles. The van der Waals surface area contributed by atoms with Gasteiger partial charge in [-0.3, -0.25) is 10.1 Å². The molecule has 0 saturated carbocycles. The number of alkyl carbamates (subject to hydrolysis) is 1. The lowest BCUT2D eigenvalue weighted by Gasteiger charge is -2.29. The van der Waals surface area contributed by atoms with Crippen LogP contribution in [0.4, 0.5) is 10.5 Å². The maximum absolute atomic E-state index is 12.9. The topological polar surface area (TPSA) is 120 Å². The van der Waals surface area contributed by atoms with E-state index >= 15 is 0 Å². The monoisotopic (exact) mass is 475 g/mol. The maximum atomic E-state index is 12.9. The summed E-state index contributed by atoms with van der Waals surface area (Å²) in [5.41, 5.74) is 8.41. The minimum absolute atomic E-state index is 0.0391. The molecule has 2 amide bonds. The molecule has 0 aliphatic heterocycles. The Hall–Kier alpha value is -4.17. The number of methoxy groups -OCH3 is 1. The molecule has 182 valence electrons. The van der Waals surface area contributed by atoms with Crippen molar-refractivity contribution in [1.29, 1.82) is 0 Å². The Morgan fingerprint density at radius 3 is 2.29 bits per heavy atom. The van der Waals surface area contributed by atoms with Crippen molar-refractivity contribution >= 4 is 23.7 Å². The Bertz CT molecular complexity index is 1160. The molecule has 8 nitrogen and oxygen atoms in total. The van der Waals surface area contributed by atoms with Crippen LogP contribution >= 0.6 is 0 Å². The number of carbonyl (C=O) groups excluding carboxylic acids is 3. The molecule has 8 heteroatoms. The fourth-order valence-corrected chi connectivity index (χ4v) is 3.54. The SMILES string of the molecule is CCC[C@](N)(Nc1ccc(-c2cccc(C(=O)OC)c2)cc1)C(=O)NC(=O)OCc1ccccc1. The fourth-order valence-electron chi connectivity index (χ4n) is 3.54. The van der Waals surface area contributed by atoms with Crippen LogP contribution in [-0.2, 0) is 20.9 Å². The molecule has 0 radical (unpaired) electrons. The van der Waals surface area contributed by atoms with Crippen LogP contribution in [0.3, 0.4) is 0 Å². The number of carbonyl (C=O) groups is 3. The van der Waals surface area contributed by atoms with Crippen LogP contribution in [0.2, 0.25) is 0 Å². The zero-order valence-electron chi connectivity index (χ0n) is 19.7. The molecule has 0 saturated heterocycles. The van der Waals surface area contributed by atoms with E-state index in [1.807, 2.05) is 55.5 Å². The van der Waals surface area contributed by atoms with Crippen LogP contribution in [0.15, 0.2) is 78.9 Å². The van der Waals surface area contributed by atoms with Gasteiger partial charge in [0.2, 0.25) is 0 Å². The minimum Gasteiger partial charge on any atom is -0.465 e. The van der Waals surface area contributed by atoms with E-state index in [9.17, 15) is 14.4 Å². The van der Waals surface area contributed by atoms with Crippen molar-refractivity contribution in [2.24, 2.45) is 5.73 Å². The van der Waals surface area contributed by atoms with Crippen LogP contribution in [0, 0.1) is 0 Å². The van der Waals surface area contributed by atoms with Crippen LogP contribution in [0.1, 0.15) is 35.7 Å². The molecule has 3 aromatic rings. The van der Waals surface area contributed by atoms with Crippen molar-refractivity contribution in [3.8, 4) is 11.1 Å². The van der Waals surface area contributed by atoms with Crippen LogP contribution < -0.4 is 16.4 Å². The number of hydrogen-bond acceptors (Lipinski definition) is 7. The summed E-state index contributed by atoms with van der Waals surface area (Å²) in [7, 11) is 1.34. The van der Waals surface area contributed by atoms with Gasteiger partial charge in [0.15, 0.2) is 5.66 Å². The Labute approximate surface area is 204 Å². The number of ether oxygens (including phenoxy) is 2. The molecule has 1 atom stereocenters. The Morgan fingerprint density at radius 1 is 0.914 bits per heavy atom. The van der Waals surface area contributed by atoms with Gasteiger partial charge in [0.25, 0.3) is 5.91 Å². The van der Waals surface area contributed by atoms with Gasteiger partial charge in [0, 0.05) is 5.69 Å². The number of esters is 1. The summed E-state index contributed by atoms with van der Waals surface area (Å²) in [6.45, 7) is 1.93. The quantitative estimate of drug-likeness (QED) is 0.309. The van der Waals surface area contributed by atoms with Crippen molar-refractivity contribution in [2.75, 3.05) is 12.4 Å². The van der Waals surface area contributed by atoms with Gasteiger partial charge in [0.1, 0.15) is 6.61 Å². The lowest BCUT2D eigenvalue weighted by atomic mass is 10.0. The Kier molecular flexibility index (Phi) is 8.58. The second-order valence-corrected chi connectivity index (χ2v) is 8.01. The zero-order valence-corrected chi connectivity index (χ0v) is 19.7. The van der Waals surface area contributed by atoms with Gasteiger partial charge in [-0.15, -0.1) is 0 Å². The molecule has 0 bridgehead atoms. The van der Waals surface area contributed by atoms with Crippen molar-refractivity contribution in [1.82, 2.24) is 5.32 Å².